The average Bonchev–Trinajstić information content (AvgIpc) is 2.39. The van der Waals surface area contributed by atoms with E-state index < -0.39 is 5.91 Å². The van der Waals surface area contributed by atoms with Crippen LogP contribution in [0.5, 0.6) is 5.75 Å². The summed E-state index contributed by atoms with van der Waals surface area (Å²) in [4.78, 5) is 19.7. The Hall–Kier alpha value is -2.34. The molecule has 0 fully saturated rings. The van der Waals surface area contributed by atoms with Crippen molar-refractivity contribution >= 4 is 29.0 Å². The monoisotopic (exact) mass is 278 g/mol. The van der Waals surface area contributed by atoms with Gasteiger partial charge in [-0.15, -0.1) is 0 Å². The van der Waals surface area contributed by atoms with E-state index in [2.05, 4.69) is 15.3 Å². The first kappa shape index (κ1) is 13.1. The molecule has 0 aliphatic carbocycles. The highest BCUT2D eigenvalue weighted by atomic mass is 35.5. The number of ether oxygens (including phenoxy) is 1. The minimum Gasteiger partial charge on any atom is -0.497 e. The molecule has 0 unspecified atom stereocenters. The van der Waals surface area contributed by atoms with Gasteiger partial charge in [0.25, 0.3) is 5.91 Å². The molecule has 2 rings (SSSR count). The Kier molecular flexibility index (Phi) is 3.82. The number of anilines is 2. The Labute approximate surface area is 114 Å². The molecule has 1 aromatic carbocycles. The average molecular weight is 279 g/mol. The lowest BCUT2D eigenvalue weighted by Gasteiger charge is -2.08. The second-order valence-corrected chi connectivity index (χ2v) is 4.02. The highest BCUT2D eigenvalue weighted by Gasteiger charge is 2.12. The van der Waals surface area contributed by atoms with Crippen molar-refractivity contribution in [3.8, 4) is 5.75 Å². The molecular formula is C12H11ClN4O2. The van der Waals surface area contributed by atoms with Crippen LogP contribution in [-0.2, 0) is 0 Å². The number of hydrogen-bond donors (Lipinski definition) is 2. The third-order valence-corrected chi connectivity index (χ3v) is 2.59. The molecule has 0 atom stereocenters. The van der Waals surface area contributed by atoms with Crippen LogP contribution in [0.4, 0.5) is 11.5 Å². The first-order valence-corrected chi connectivity index (χ1v) is 5.70. The molecule has 98 valence electrons. The van der Waals surface area contributed by atoms with Gasteiger partial charge in [-0.25, -0.2) is 9.97 Å². The Morgan fingerprint density at radius 3 is 2.84 bits per heavy atom. The van der Waals surface area contributed by atoms with Crippen LogP contribution in [0.3, 0.4) is 0 Å². The van der Waals surface area contributed by atoms with Gasteiger partial charge >= 0.3 is 0 Å². The number of benzene rings is 1. The van der Waals surface area contributed by atoms with Crippen LogP contribution in [0.15, 0.2) is 30.6 Å². The first-order chi connectivity index (χ1) is 9.10. The number of carbonyl (C=O) groups is 1. The maximum absolute atomic E-state index is 12.1. The first-order valence-electron chi connectivity index (χ1n) is 5.32. The molecule has 1 heterocycles. The van der Waals surface area contributed by atoms with Gasteiger partial charge in [-0.1, -0.05) is 11.6 Å². The second-order valence-electron chi connectivity index (χ2n) is 3.63. The van der Waals surface area contributed by atoms with Gasteiger partial charge in [-0.2, -0.15) is 0 Å². The number of aromatic nitrogens is 2. The number of nitrogen functional groups attached to an aromatic ring is 1. The number of hydrogen-bond acceptors (Lipinski definition) is 5. The molecule has 19 heavy (non-hydrogen) atoms. The molecule has 7 heteroatoms. The minimum absolute atomic E-state index is 0.240. The molecule has 0 spiro atoms. The summed E-state index contributed by atoms with van der Waals surface area (Å²) in [6.07, 6.45) is 1.26. The van der Waals surface area contributed by atoms with Crippen LogP contribution in [0, 0.1) is 0 Å². The number of methoxy groups -OCH3 is 1. The summed E-state index contributed by atoms with van der Waals surface area (Å²) >= 11 is 5.71. The Morgan fingerprint density at radius 1 is 1.37 bits per heavy atom. The molecule has 6 nitrogen and oxygen atoms in total. The molecule has 0 bridgehead atoms. The number of carbonyl (C=O) groups excluding carboxylic acids is 1. The lowest BCUT2D eigenvalue weighted by molar-refractivity contribution is 0.102. The van der Waals surface area contributed by atoms with Crippen molar-refractivity contribution in [2.75, 3.05) is 18.2 Å². The van der Waals surface area contributed by atoms with Crippen molar-refractivity contribution in [2.45, 2.75) is 0 Å². The highest BCUT2D eigenvalue weighted by molar-refractivity contribution is 6.29. The fourth-order valence-corrected chi connectivity index (χ4v) is 1.59. The predicted octanol–water partition coefficient (Wildman–Crippen LogP) is 1.97. The van der Waals surface area contributed by atoms with Crippen molar-refractivity contribution in [1.82, 2.24) is 9.97 Å². The molecule has 0 radical (unpaired) electrons. The van der Waals surface area contributed by atoms with Crippen LogP contribution in [0.1, 0.15) is 10.4 Å². The van der Waals surface area contributed by atoms with E-state index in [4.69, 9.17) is 22.1 Å². The third kappa shape index (κ3) is 3.11. The van der Waals surface area contributed by atoms with E-state index in [9.17, 15) is 4.79 Å². The summed E-state index contributed by atoms with van der Waals surface area (Å²) in [7, 11) is 1.51. The van der Waals surface area contributed by atoms with Gasteiger partial charge in [-0.3, -0.25) is 4.79 Å². The van der Waals surface area contributed by atoms with Gasteiger partial charge in [-0.05, 0) is 18.2 Å². The molecule has 0 saturated heterocycles. The zero-order valence-corrected chi connectivity index (χ0v) is 10.8. The highest BCUT2D eigenvalue weighted by Crippen LogP contribution is 2.20. The van der Waals surface area contributed by atoms with Gasteiger partial charge in [0.15, 0.2) is 0 Å². The number of rotatable bonds is 3. The topological polar surface area (TPSA) is 90.1 Å². The van der Waals surface area contributed by atoms with E-state index in [1.165, 1.54) is 19.5 Å². The molecule has 3 N–H and O–H groups in total. The summed E-state index contributed by atoms with van der Waals surface area (Å²) in [5.74, 6) is 0.443. The van der Waals surface area contributed by atoms with Gasteiger partial charge in [0.1, 0.15) is 23.0 Å². The van der Waals surface area contributed by atoms with Gasteiger partial charge in [0, 0.05) is 11.8 Å². The Morgan fingerprint density at radius 2 is 2.16 bits per heavy atom. The van der Waals surface area contributed by atoms with E-state index in [0.29, 0.717) is 22.8 Å². The largest absolute Gasteiger partial charge is 0.497 e. The van der Waals surface area contributed by atoms with E-state index in [1.807, 2.05) is 0 Å². The van der Waals surface area contributed by atoms with Crippen molar-refractivity contribution in [1.29, 1.82) is 0 Å². The number of nitrogens with two attached hydrogens (primary N) is 1. The quantitative estimate of drug-likeness (QED) is 0.662. The van der Waals surface area contributed by atoms with Crippen LogP contribution in [-0.4, -0.2) is 23.0 Å². The smallest absolute Gasteiger partial charge is 0.259 e. The maximum atomic E-state index is 12.1. The summed E-state index contributed by atoms with van der Waals surface area (Å²) in [6.45, 7) is 0. The Bertz CT molecular complexity index is 618. The third-order valence-electron chi connectivity index (χ3n) is 2.38. The summed E-state index contributed by atoms with van der Waals surface area (Å²) in [5.41, 5.74) is 6.40. The summed E-state index contributed by atoms with van der Waals surface area (Å²) < 4.78 is 5.05. The predicted molar refractivity (Wildman–Crippen MR) is 72.4 cm³/mol. The van der Waals surface area contributed by atoms with E-state index in [1.54, 1.807) is 18.2 Å². The fourth-order valence-electron chi connectivity index (χ4n) is 1.44. The molecule has 1 aromatic heterocycles. The van der Waals surface area contributed by atoms with Crippen LogP contribution in [0.25, 0.3) is 0 Å². The Balaban J connectivity index is 2.25. The van der Waals surface area contributed by atoms with E-state index in [-0.39, 0.29) is 5.15 Å². The fraction of sp³-hybridized carbons (Fsp3) is 0.0833. The lowest BCUT2D eigenvalue weighted by atomic mass is 10.1. The van der Waals surface area contributed by atoms with Crippen molar-refractivity contribution in [3.05, 3.63) is 41.3 Å². The van der Waals surface area contributed by atoms with Crippen molar-refractivity contribution in [2.24, 2.45) is 0 Å². The zero-order chi connectivity index (χ0) is 13.8. The number of amides is 1. The minimum atomic E-state index is -0.397. The number of nitrogens with one attached hydrogen (secondary N) is 1. The molecule has 0 saturated carbocycles. The number of halogens is 1. The van der Waals surface area contributed by atoms with E-state index >= 15 is 0 Å². The zero-order valence-electron chi connectivity index (χ0n) is 10.1. The van der Waals surface area contributed by atoms with Crippen molar-refractivity contribution < 1.29 is 9.53 Å². The summed E-state index contributed by atoms with van der Waals surface area (Å²) in [6, 6.07) is 6.26. The van der Waals surface area contributed by atoms with Crippen LogP contribution >= 0.6 is 11.6 Å². The second kappa shape index (κ2) is 5.53. The maximum Gasteiger partial charge on any atom is 0.259 e. The van der Waals surface area contributed by atoms with Crippen molar-refractivity contribution in [3.63, 3.8) is 0 Å². The molecule has 0 aliphatic rings. The SMILES string of the molecule is COc1ccc(N)c(C(=O)Nc2cc(Cl)ncn2)c1. The number of nitrogens with zero attached hydrogens (tertiary/aromatic N) is 2. The normalized spacial score (nSPS) is 10.0. The van der Waals surface area contributed by atoms with Crippen LogP contribution in [0.2, 0.25) is 5.15 Å². The van der Waals surface area contributed by atoms with Gasteiger partial charge < -0.3 is 15.8 Å². The lowest BCUT2D eigenvalue weighted by Crippen LogP contribution is -2.15. The van der Waals surface area contributed by atoms with Gasteiger partial charge in [0.2, 0.25) is 0 Å². The molecule has 0 aliphatic heterocycles. The van der Waals surface area contributed by atoms with Gasteiger partial charge in [0.05, 0.1) is 12.7 Å². The standard InChI is InChI=1S/C12H11ClN4O2/c1-19-7-2-3-9(14)8(4-7)12(18)17-11-5-10(13)15-6-16-11/h2-6H,14H2,1H3,(H,15,16,17,18). The molecule has 2 aromatic rings. The molecule has 1 amide bonds. The van der Waals surface area contributed by atoms with Crippen LogP contribution < -0.4 is 15.8 Å². The van der Waals surface area contributed by atoms with E-state index in [0.717, 1.165) is 0 Å². The summed E-state index contributed by atoms with van der Waals surface area (Å²) in [5, 5.41) is 2.82. The molecular weight excluding hydrogens is 268 g/mol.